The van der Waals surface area contributed by atoms with Gasteiger partial charge in [0, 0.05) is 30.6 Å². The molecule has 0 fully saturated rings. The lowest BCUT2D eigenvalue weighted by Gasteiger charge is -2.14. The molecule has 0 spiro atoms. The molecule has 1 unspecified atom stereocenters. The fraction of sp³-hybridized carbons (Fsp3) is 0.357. The molecule has 0 saturated heterocycles. The Labute approximate surface area is 129 Å². The Morgan fingerprint density at radius 2 is 2.19 bits per heavy atom. The van der Waals surface area contributed by atoms with Crippen molar-refractivity contribution in [3.05, 3.63) is 45.9 Å². The number of aromatic nitrogens is 1. The van der Waals surface area contributed by atoms with Crippen LogP contribution in [0.2, 0.25) is 0 Å². The Balaban J connectivity index is 2.16. The van der Waals surface area contributed by atoms with Gasteiger partial charge in [-0.25, -0.2) is 18.1 Å². The first-order valence-corrected chi connectivity index (χ1v) is 8.99. The number of nitrogens with zero attached hydrogens (tertiary/aromatic N) is 1. The molecule has 0 aliphatic heterocycles. The van der Waals surface area contributed by atoms with Crippen molar-refractivity contribution in [3.63, 3.8) is 0 Å². The van der Waals surface area contributed by atoms with Gasteiger partial charge in [0.1, 0.15) is 0 Å². The van der Waals surface area contributed by atoms with E-state index < -0.39 is 10.0 Å². The van der Waals surface area contributed by atoms with Crippen LogP contribution in [0.4, 0.5) is 0 Å². The summed E-state index contributed by atoms with van der Waals surface area (Å²) in [6.45, 7) is 4.37. The van der Waals surface area contributed by atoms with Crippen LogP contribution in [-0.2, 0) is 16.6 Å². The highest BCUT2D eigenvalue weighted by Gasteiger charge is 2.19. The fourth-order valence-corrected chi connectivity index (χ4v) is 4.17. The number of hydrogen-bond acceptors (Lipinski definition) is 5. The van der Waals surface area contributed by atoms with E-state index in [1.54, 1.807) is 25.3 Å². The third-order valence-corrected chi connectivity index (χ3v) is 5.93. The summed E-state index contributed by atoms with van der Waals surface area (Å²) in [6, 6.07) is 5.16. The largest absolute Gasteiger partial charge is 0.326 e. The molecule has 1 atom stereocenters. The molecule has 0 aliphatic carbocycles. The zero-order valence-corrected chi connectivity index (χ0v) is 13.7. The van der Waals surface area contributed by atoms with E-state index in [1.807, 2.05) is 18.4 Å². The minimum Gasteiger partial charge on any atom is -0.326 e. The number of thiazole rings is 1. The summed E-state index contributed by atoms with van der Waals surface area (Å²) in [7, 11) is -3.54. The van der Waals surface area contributed by atoms with Gasteiger partial charge in [-0.15, -0.1) is 11.3 Å². The molecule has 1 aromatic carbocycles. The molecule has 0 bridgehead atoms. The second-order valence-electron chi connectivity index (χ2n) is 4.87. The van der Waals surface area contributed by atoms with Crippen molar-refractivity contribution in [2.24, 2.45) is 5.73 Å². The molecule has 2 rings (SSSR count). The number of benzene rings is 1. The van der Waals surface area contributed by atoms with Crippen molar-refractivity contribution in [1.82, 2.24) is 9.71 Å². The number of nitrogens with two attached hydrogens (primary N) is 1. The van der Waals surface area contributed by atoms with Crippen LogP contribution in [0.5, 0.6) is 0 Å². The van der Waals surface area contributed by atoms with E-state index >= 15 is 0 Å². The molecule has 0 aliphatic rings. The van der Waals surface area contributed by atoms with Gasteiger partial charge in [0.05, 0.1) is 9.90 Å². The second-order valence-corrected chi connectivity index (χ2v) is 7.53. The van der Waals surface area contributed by atoms with Gasteiger partial charge in [-0.3, -0.25) is 0 Å². The van der Waals surface area contributed by atoms with Crippen molar-refractivity contribution in [2.75, 3.05) is 6.54 Å². The lowest BCUT2D eigenvalue weighted by Crippen LogP contribution is -2.28. The van der Waals surface area contributed by atoms with E-state index in [2.05, 4.69) is 9.71 Å². The Morgan fingerprint density at radius 1 is 1.43 bits per heavy atom. The molecule has 1 heterocycles. The van der Waals surface area contributed by atoms with E-state index in [-0.39, 0.29) is 10.8 Å². The smallest absolute Gasteiger partial charge is 0.240 e. The number of hydrogen-bond donors (Lipinski definition) is 2. The highest BCUT2D eigenvalue weighted by Crippen LogP contribution is 2.20. The molecule has 5 nitrogen and oxygen atoms in total. The fourth-order valence-electron chi connectivity index (χ4n) is 2.05. The summed E-state index contributed by atoms with van der Waals surface area (Å²) < 4.78 is 27.5. The zero-order valence-electron chi connectivity index (χ0n) is 12.0. The van der Waals surface area contributed by atoms with Crippen molar-refractivity contribution in [2.45, 2.75) is 31.2 Å². The average molecular weight is 325 g/mol. The van der Waals surface area contributed by atoms with Gasteiger partial charge >= 0.3 is 0 Å². The quantitative estimate of drug-likeness (QED) is 0.850. The predicted molar refractivity (Wildman–Crippen MR) is 84.8 cm³/mol. The Hall–Kier alpha value is -1.28. The number of sulfonamides is 1. The van der Waals surface area contributed by atoms with Crippen LogP contribution in [0, 0.1) is 6.92 Å². The van der Waals surface area contributed by atoms with Crippen molar-refractivity contribution < 1.29 is 8.42 Å². The second kappa shape index (κ2) is 6.65. The van der Waals surface area contributed by atoms with Gasteiger partial charge in [-0.05, 0) is 24.1 Å². The zero-order chi connectivity index (χ0) is 15.5. The third-order valence-electron chi connectivity index (χ3n) is 3.36. The van der Waals surface area contributed by atoms with Crippen LogP contribution in [0.1, 0.15) is 29.0 Å². The molecule has 1 aromatic heterocycles. The monoisotopic (exact) mass is 325 g/mol. The SMILES string of the molecule is Cc1c(CN)cccc1S(=O)(=O)NCC(C)c1nccs1. The first-order chi connectivity index (χ1) is 9.95. The maximum absolute atomic E-state index is 12.4. The van der Waals surface area contributed by atoms with Crippen LogP contribution in [0.25, 0.3) is 0 Å². The van der Waals surface area contributed by atoms with Crippen LogP contribution in [0.15, 0.2) is 34.7 Å². The van der Waals surface area contributed by atoms with Crippen molar-refractivity contribution in [1.29, 1.82) is 0 Å². The van der Waals surface area contributed by atoms with Gasteiger partial charge in [0.15, 0.2) is 0 Å². The first kappa shape index (κ1) is 16.1. The molecule has 114 valence electrons. The van der Waals surface area contributed by atoms with E-state index in [9.17, 15) is 8.42 Å². The van der Waals surface area contributed by atoms with Gasteiger partial charge in [0.2, 0.25) is 10.0 Å². The molecule has 0 radical (unpaired) electrons. The average Bonchev–Trinajstić information content (AvgIpc) is 2.99. The topological polar surface area (TPSA) is 85.1 Å². The predicted octanol–water partition coefficient (Wildman–Crippen LogP) is 1.99. The number of rotatable bonds is 6. The van der Waals surface area contributed by atoms with Gasteiger partial charge in [-0.1, -0.05) is 19.1 Å². The van der Waals surface area contributed by atoms with E-state index in [1.165, 1.54) is 11.3 Å². The molecular weight excluding hydrogens is 306 g/mol. The summed E-state index contributed by atoms with van der Waals surface area (Å²) in [5.74, 6) is 0.0396. The lowest BCUT2D eigenvalue weighted by molar-refractivity contribution is 0.574. The molecule has 7 heteroatoms. The lowest BCUT2D eigenvalue weighted by atomic mass is 10.1. The summed E-state index contributed by atoms with van der Waals surface area (Å²) >= 11 is 1.52. The normalized spacial score (nSPS) is 13.3. The Morgan fingerprint density at radius 3 is 2.81 bits per heavy atom. The molecular formula is C14H19N3O2S2. The molecule has 21 heavy (non-hydrogen) atoms. The van der Waals surface area contributed by atoms with Gasteiger partial charge in [-0.2, -0.15) is 0 Å². The van der Waals surface area contributed by atoms with E-state index in [4.69, 9.17) is 5.73 Å². The summed E-state index contributed by atoms with van der Waals surface area (Å²) in [4.78, 5) is 4.49. The Kier molecular flexibility index (Phi) is 5.10. The molecule has 3 N–H and O–H groups in total. The molecule has 0 saturated carbocycles. The first-order valence-electron chi connectivity index (χ1n) is 6.63. The third kappa shape index (κ3) is 3.68. The highest BCUT2D eigenvalue weighted by atomic mass is 32.2. The van der Waals surface area contributed by atoms with E-state index in [0.717, 1.165) is 10.6 Å². The maximum Gasteiger partial charge on any atom is 0.240 e. The minimum atomic E-state index is -3.54. The minimum absolute atomic E-state index is 0.0396. The van der Waals surface area contributed by atoms with Gasteiger partial charge in [0.25, 0.3) is 0 Å². The highest BCUT2D eigenvalue weighted by molar-refractivity contribution is 7.89. The number of nitrogens with one attached hydrogen (secondary N) is 1. The van der Waals surface area contributed by atoms with Crippen LogP contribution >= 0.6 is 11.3 Å². The summed E-state index contributed by atoms with van der Waals surface area (Å²) in [6.07, 6.45) is 1.72. The van der Waals surface area contributed by atoms with E-state index in [0.29, 0.717) is 18.7 Å². The summed E-state index contributed by atoms with van der Waals surface area (Å²) in [5, 5.41) is 2.81. The van der Waals surface area contributed by atoms with Gasteiger partial charge < -0.3 is 5.73 Å². The van der Waals surface area contributed by atoms with Crippen molar-refractivity contribution in [3.8, 4) is 0 Å². The Bertz CT molecular complexity index is 697. The molecule has 2 aromatic rings. The maximum atomic E-state index is 12.4. The standard InChI is InChI=1S/C14H19N3O2S2/c1-10(14-16-6-7-20-14)9-17-21(18,19)13-5-3-4-12(8-15)11(13)2/h3-7,10,17H,8-9,15H2,1-2H3. The summed E-state index contributed by atoms with van der Waals surface area (Å²) in [5.41, 5.74) is 7.17. The molecule has 0 amide bonds. The van der Waals surface area contributed by atoms with Crippen LogP contribution in [-0.4, -0.2) is 19.9 Å². The van der Waals surface area contributed by atoms with Crippen LogP contribution < -0.4 is 10.5 Å². The van der Waals surface area contributed by atoms with Crippen LogP contribution in [0.3, 0.4) is 0 Å². The van der Waals surface area contributed by atoms with Crippen molar-refractivity contribution >= 4 is 21.4 Å².